The Hall–Kier alpha value is -1.88. The van der Waals surface area contributed by atoms with E-state index in [1.54, 1.807) is 0 Å². The van der Waals surface area contributed by atoms with Crippen LogP contribution in [0.25, 0.3) is 0 Å². The smallest absolute Gasteiger partial charge is 0.340 e. The van der Waals surface area contributed by atoms with Crippen molar-refractivity contribution in [1.82, 2.24) is 15.2 Å². The molecule has 1 aromatic carbocycles. The second kappa shape index (κ2) is 4.56. The Morgan fingerprint density at radius 3 is 2.67 bits per heavy atom. The molecule has 0 spiro atoms. The van der Waals surface area contributed by atoms with E-state index in [0.29, 0.717) is 19.0 Å². The van der Waals surface area contributed by atoms with Gasteiger partial charge in [-0.3, -0.25) is 4.98 Å². The third-order valence-corrected chi connectivity index (χ3v) is 1.90. The van der Waals surface area contributed by atoms with E-state index >= 15 is 0 Å². The normalized spacial score (nSPS) is 10.4. The minimum Gasteiger partial charge on any atom is -0.369 e. The van der Waals surface area contributed by atoms with E-state index in [1.807, 2.05) is 30.3 Å². The zero-order valence-corrected chi connectivity index (χ0v) is 8.06. The monoisotopic (exact) mass is 205 g/mol. The predicted molar refractivity (Wildman–Crippen MR) is 54.1 cm³/mol. The van der Waals surface area contributed by atoms with Crippen LogP contribution in [0.3, 0.4) is 0 Å². The van der Waals surface area contributed by atoms with E-state index < -0.39 is 0 Å². The minimum atomic E-state index is -0.312. The van der Waals surface area contributed by atoms with Crippen LogP contribution in [0.5, 0.6) is 0 Å². The van der Waals surface area contributed by atoms with E-state index in [-0.39, 0.29) is 5.69 Å². The Labute approximate surface area is 86.1 Å². The van der Waals surface area contributed by atoms with Crippen LogP contribution in [0.4, 0.5) is 0 Å². The lowest BCUT2D eigenvalue weighted by Crippen LogP contribution is -2.02. The summed E-state index contributed by atoms with van der Waals surface area (Å²) in [4.78, 5) is 13.2. The summed E-state index contributed by atoms with van der Waals surface area (Å²) in [5, 5.41) is 6.01. The van der Waals surface area contributed by atoms with E-state index in [1.165, 1.54) is 0 Å². The highest BCUT2D eigenvalue weighted by Gasteiger charge is 1.98. The van der Waals surface area contributed by atoms with Crippen LogP contribution < -0.4 is 5.69 Å². The van der Waals surface area contributed by atoms with Crippen molar-refractivity contribution in [3.8, 4) is 0 Å². The minimum absolute atomic E-state index is 0.299. The zero-order valence-electron chi connectivity index (χ0n) is 8.06. The number of aromatic nitrogens is 3. The summed E-state index contributed by atoms with van der Waals surface area (Å²) in [7, 11) is 0. The number of ether oxygens (including phenoxy) is 1. The average Bonchev–Trinajstić information content (AvgIpc) is 2.66. The van der Waals surface area contributed by atoms with E-state index in [4.69, 9.17) is 4.74 Å². The highest BCUT2D eigenvalue weighted by atomic mass is 16.5. The van der Waals surface area contributed by atoms with Gasteiger partial charge in [0.15, 0.2) is 5.82 Å². The highest BCUT2D eigenvalue weighted by Crippen LogP contribution is 2.01. The summed E-state index contributed by atoms with van der Waals surface area (Å²) < 4.78 is 5.37. The molecule has 2 aromatic rings. The molecule has 1 aromatic heterocycles. The van der Waals surface area contributed by atoms with Crippen molar-refractivity contribution in [2.45, 2.75) is 13.2 Å². The lowest BCUT2D eigenvalue weighted by atomic mass is 10.2. The standard InChI is InChI=1S/C10H11N3O2/c14-10-11-9(12-13-10)7-15-6-8-4-2-1-3-5-8/h1-5H,6-7H2,(H2,11,12,13,14). The molecule has 15 heavy (non-hydrogen) atoms. The molecule has 0 fully saturated rings. The Kier molecular flexibility index (Phi) is 2.94. The van der Waals surface area contributed by atoms with E-state index in [0.717, 1.165) is 5.56 Å². The molecule has 0 unspecified atom stereocenters. The SMILES string of the molecule is O=c1[nH]nc(COCc2ccccc2)[nH]1. The first-order chi connectivity index (χ1) is 7.34. The molecule has 0 saturated carbocycles. The number of rotatable bonds is 4. The Morgan fingerprint density at radius 2 is 2.00 bits per heavy atom. The fourth-order valence-corrected chi connectivity index (χ4v) is 1.21. The molecule has 0 atom stereocenters. The summed E-state index contributed by atoms with van der Waals surface area (Å²) in [6.07, 6.45) is 0. The number of hydrogen-bond donors (Lipinski definition) is 2. The number of nitrogens with zero attached hydrogens (tertiary/aromatic N) is 1. The van der Waals surface area contributed by atoms with Crippen molar-refractivity contribution in [2.75, 3.05) is 0 Å². The van der Waals surface area contributed by atoms with Crippen molar-refractivity contribution in [2.24, 2.45) is 0 Å². The van der Waals surface area contributed by atoms with Crippen LogP contribution in [0.15, 0.2) is 35.1 Å². The van der Waals surface area contributed by atoms with E-state index in [2.05, 4.69) is 15.2 Å². The zero-order chi connectivity index (χ0) is 10.5. The van der Waals surface area contributed by atoms with Gasteiger partial charge in [0, 0.05) is 0 Å². The van der Waals surface area contributed by atoms with Gasteiger partial charge in [0.1, 0.15) is 6.61 Å². The van der Waals surface area contributed by atoms with Crippen LogP contribution in [0.1, 0.15) is 11.4 Å². The van der Waals surface area contributed by atoms with Crippen molar-refractivity contribution < 1.29 is 4.74 Å². The van der Waals surface area contributed by atoms with Gasteiger partial charge in [-0.2, -0.15) is 5.10 Å². The lowest BCUT2D eigenvalue weighted by molar-refractivity contribution is 0.102. The van der Waals surface area contributed by atoms with Crippen LogP contribution in [-0.2, 0) is 18.0 Å². The molecular weight excluding hydrogens is 194 g/mol. The van der Waals surface area contributed by atoms with Gasteiger partial charge < -0.3 is 4.74 Å². The average molecular weight is 205 g/mol. The molecule has 0 saturated heterocycles. The maximum atomic E-state index is 10.7. The molecule has 0 aliphatic heterocycles. The molecule has 0 amide bonds. The molecule has 0 aliphatic carbocycles. The first-order valence-corrected chi connectivity index (χ1v) is 4.60. The third kappa shape index (κ3) is 2.78. The van der Waals surface area contributed by atoms with E-state index in [9.17, 15) is 4.79 Å². The predicted octanol–water partition coefficient (Wildman–Crippen LogP) is 0.815. The topological polar surface area (TPSA) is 70.8 Å². The van der Waals surface area contributed by atoms with Gasteiger partial charge in [-0.25, -0.2) is 9.89 Å². The van der Waals surface area contributed by atoms with Gasteiger partial charge >= 0.3 is 5.69 Å². The van der Waals surface area contributed by atoms with Gasteiger partial charge in [0.05, 0.1) is 6.61 Å². The quantitative estimate of drug-likeness (QED) is 0.776. The molecule has 0 aliphatic rings. The van der Waals surface area contributed by atoms with Crippen molar-refractivity contribution in [1.29, 1.82) is 0 Å². The van der Waals surface area contributed by atoms with Crippen molar-refractivity contribution >= 4 is 0 Å². The second-order valence-electron chi connectivity index (χ2n) is 3.10. The number of benzene rings is 1. The molecule has 5 heteroatoms. The molecule has 0 bridgehead atoms. The van der Waals surface area contributed by atoms with Gasteiger partial charge in [-0.1, -0.05) is 30.3 Å². The maximum absolute atomic E-state index is 10.7. The Bertz CT molecular complexity index is 461. The second-order valence-corrected chi connectivity index (χ2v) is 3.10. The first-order valence-electron chi connectivity index (χ1n) is 4.60. The van der Waals surface area contributed by atoms with Crippen LogP contribution >= 0.6 is 0 Å². The van der Waals surface area contributed by atoms with Crippen LogP contribution in [-0.4, -0.2) is 15.2 Å². The molecule has 5 nitrogen and oxygen atoms in total. The van der Waals surface area contributed by atoms with Crippen molar-refractivity contribution in [3.05, 3.63) is 52.2 Å². The summed E-state index contributed by atoms with van der Waals surface area (Å²) in [5.41, 5.74) is 0.781. The van der Waals surface area contributed by atoms with Gasteiger partial charge in [0.2, 0.25) is 0 Å². The molecule has 2 rings (SSSR count). The fraction of sp³-hybridized carbons (Fsp3) is 0.200. The summed E-state index contributed by atoms with van der Waals surface area (Å²) in [6.45, 7) is 0.809. The molecule has 2 N–H and O–H groups in total. The van der Waals surface area contributed by atoms with Crippen LogP contribution in [0, 0.1) is 0 Å². The first kappa shape index (κ1) is 9.67. The molecule has 1 heterocycles. The summed E-state index contributed by atoms with van der Waals surface area (Å²) in [6, 6.07) is 9.82. The number of aromatic amines is 2. The number of hydrogen-bond acceptors (Lipinski definition) is 3. The maximum Gasteiger partial charge on any atom is 0.340 e. The van der Waals surface area contributed by atoms with Gasteiger partial charge in [-0.05, 0) is 5.56 Å². The molecule has 0 radical (unpaired) electrons. The highest BCUT2D eigenvalue weighted by molar-refractivity contribution is 5.13. The number of nitrogens with one attached hydrogen (secondary N) is 2. The summed E-state index contributed by atoms with van der Waals surface area (Å²) in [5.74, 6) is 0.510. The van der Waals surface area contributed by atoms with Gasteiger partial charge in [0.25, 0.3) is 0 Å². The van der Waals surface area contributed by atoms with Crippen molar-refractivity contribution in [3.63, 3.8) is 0 Å². The lowest BCUT2D eigenvalue weighted by Gasteiger charge is -2.01. The third-order valence-electron chi connectivity index (χ3n) is 1.90. The van der Waals surface area contributed by atoms with Gasteiger partial charge in [-0.15, -0.1) is 0 Å². The molecular formula is C10H11N3O2. The molecule has 78 valence electrons. The largest absolute Gasteiger partial charge is 0.369 e. The number of H-pyrrole nitrogens is 2. The Balaban J connectivity index is 1.83. The fourth-order valence-electron chi connectivity index (χ4n) is 1.21. The Morgan fingerprint density at radius 1 is 1.20 bits per heavy atom. The van der Waals surface area contributed by atoms with Crippen LogP contribution in [0.2, 0.25) is 0 Å². The summed E-state index contributed by atoms with van der Waals surface area (Å²) >= 11 is 0.